The second-order valence-electron chi connectivity index (χ2n) is 5.83. The van der Waals surface area contributed by atoms with Gasteiger partial charge in [-0.15, -0.1) is 0 Å². The Labute approximate surface area is 151 Å². The number of rotatable bonds is 6. The van der Waals surface area contributed by atoms with Crippen LogP contribution >= 0.6 is 0 Å². The van der Waals surface area contributed by atoms with E-state index in [1.807, 2.05) is 0 Å². The van der Waals surface area contributed by atoms with E-state index in [1.165, 1.54) is 7.11 Å². The number of carbonyl (C=O) groups is 1. The summed E-state index contributed by atoms with van der Waals surface area (Å²) in [5, 5.41) is 13.0. The van der Waals surface area contributed by atoms with Crippen LogP contribution in [0.2, 0.25) is 0 Å². The molecule has 0 radical (unpaired) electrons. The van der Waals surface area contributed by atoms with Gasteiger partial charge in [-0.2, -0.15) is 5.10 Å². The van der Waals surface area contributed by atoms with E-state index in [1.54, 1.807) is 25.1 Å². The third-order valence-corrected chi connectivity index (χ3v) is 5.42. The molecule has 3 rings (SSSR count). The summed E-state index contributed by atoms with van der Waals surface area (Å²) < 4.78 is 31.1. The number of methoxy groups -OCH3 is 1. The number of anilines is 2. The number of benzene rings is 1. The fraction of sp³-hybridized carbons (Fsp3) is 0.375. The Hall–Kier alpha value is -2.59. The number of sulfonamides is 1. The number of hydrogen-bond donors (Lipinski definition) is 4. The summed E-state index contributed by atoms with van der Waals surface area (Å²) in [6.45, 7) is 2.99. The zero-order chi connectivity index (χ0) is 18.7. The molecule has 2 heterocycles. The second kappa shape index (κ2) is 7.34. The van der Waals surface area contributed by atoms with Crippen molar-refractivity contribution < 1.29 is 17.9 Å². The summed E-state index contributed by atoms with van der Waals surface area (Å²) in [7, 11) is -1.99. The van der Waals surface area contributed by atoms with Crippen molar-refractivity contribution in [2.45, 2.75) is 19.9 Å². The Bertz CT molecular complexity index is 923. The maximum atomic E-state index is 12.5. The lowest BCUT2D eigenvalue weighted by molar-refractivity contribution is 0.102. The van der Waals surface area contributed by atoms with Gasteiger partial charge >= 0.3 is 0 Å². The molecule has 2 aromatic rings. The number of carbonyl (C=O) groups excluding carboxylic acids is 1. The maximum absolute atomic E-state index is 12.5. The molecule has 0 saturated carbocycles. The first kappa shape index (κ1) is 18.2. The first-order valence-corrected chi connectivity index (χ1v) is 9.85. The number of aromatic nitrogens is 2. The highest BCUT2D eigenvalue weighted by Crippen LogP contribution is 2.29. The molecule has 1 amide bonds. The SMILES string of the molecule is CCS(=O)(=O)Nc1ccc(NC(=O)c2n[nH]c3c2CNCC3)cc1OC. The Kier molecular flexibility index (Phi) is 5.14. The van der Waals surface area contributed by atoms with Gasteiger partial charge in [0.05, 0.1) is 18.6 Å². The number of amides is 1. The molecular formula is C16H21N5O4S. The van der Waals surface area contributed by atoms with Crippen molar-refractivity contribution in [2.24, 2.45) is 0 Å². The Morgan fingerprint density at radius 2 is 2.19 bits per heavy atom. The Morgan fingerprint density at radius 1 is 1.38 bits per heavy atom. The van der Waals surface area contributed by atoms with Crippen molar-refractivity contribution in [3.8, 4) is 5.75 Å². The highest BCUT2D eigenvalue weighted by atomic mass is 32.2. The molecule has 1 aliphatic rings. The van der Waals surface area contributed by atoms with E-state index in [0.717, 1.165) is 24.2 Å². The molecule has 0 atom stereocenters. The largest absolute Gasteiger partial charge is 0.494 e. The lowest BCUT2D eigenvalue weighted by atomic mass is 10.1. The predicted octanol–water partition coefficient (Wildman–Crippen LogP) is 1.08. The summed E-state index contributed by atoms with van der Waals surface area (Å²) in [6.07, 6.45) is 0.801. The van der Waals surface area contributed by atoms with Gasteiger partial charge in [0.25, 0.3) is 5.91 Å². The van der Waals surface area contributed by atoms with Crippen LogP contribution in [0.25, 0.3) is 0 Å². The molecule has 9 nitrogen and oxygen atoms in total. The van der Waals surface area contributed by atoms with Crippen molar-refractivity contribution in [1.29, 1.82) is 0 Å². The van der Waals surface area contributed by atoms with Gasteiger partial charge in [0, 0.05) is 42.5 Å². The molecule has 0 aliphatic carbocycles. The molecule has 10 heteroatoms. The van der Waals surface area contributed by atoms with Gasteiger partial charge in [-0.25, -0.2) is 8.42 Å². The number of hydrogen-bond acceptors (Lipinski definition) is 6. The molecule has 26 heavy (non-hydrogen) atoms. The molecule has 0 saturated heterocycles. The van der Waals surface area contributed by atoms with Gasteiger partial charge in [-0.1, -0.05) is 0 Å². The van der Waals surface area contributed by atoms with E-state index in [-0.39, 0.29) is 11.7 Å². The van der Waals surface area contributed by atoms with Crippen LogP contribution in [-0.4, -0.2) is 43.9 Å². The van der Waals surface area contributed by atoms with Crippen molar-refractivity contribution in [1.82, 2.24) is 15.5 Å². The lowest BCUT2D eigenvalue weighted by Gasteiger charge is -2.14. The maximum Gasteiger partial charge on any atom is 0.276 e. The normalized spacial score (nSPS) is 13.8. The van der Waals surface area contributed by atoms with E-state index in [9.17, 15) is 13.2 Å². The Balaban J connectivity index is 1.80. The summed E-state index contributed by atoms with van der Waals surface area (Å²) in [4.78, 5) is 12.5. The van der Waals surface area contributed by atoms with E-state index in [2.05, 4.69) is 25.6 Å². The topological polar surface area (TPSA) is 125 Å². The van der Waals surface area contributed by atoms with E-state index >= 15 is 0 Å². The fourth-order valence-corrected chi connectivity index (χ4v) is 3.34. The highest BCUT2D eigenvalue weighted by molar-refractivity contribution is 7.92. The summed E-state index contributed by atoms with van der Waals surface area (Å²) in [6, 6.07) is 4.71. The molecular weight excluding hydrogens is 358 g/mol. The average molecular weight is 379 g/mol. The minimum Gasteiger partial charge on any atom is -0.494 e. The summed E-state index contributed by atoms with van der Waals surface area (Å²) in [5.74, 6) is -0.0758. The molecule has 140 valence electrons. The standard InChI is InChI=1S/C16H21N5O4S/c1-3-26(23,24)21-13-5-4-10(8-14(13)25-2)18-16(22)15-11-9-17-7-6-12(11)19-20-15/h4-5,8,17,21H,3,6-7,9H2,1-2H3,(H,18,22)(H,19,20). The molecule has 0 spiro atoms. The average Bonchev–Trinajstić information content (AvgIpc) is 3.07. The monoisotopic (exact) mass is 379 g/mol. The molecule has 1 aromatic carbocycles. The van der Waals surface area contributed by atoms with Crippen LogP contribution in [0.1, 0.15) is 28.7 Å². The quantitative estimate of drug-likeness (QED) is 0.595. The third kappa shape index (κ3) is 3.81. The van der Waals surface area contributed by atoms with Gasteiger partial charge < -0.3 is 15.4 Å². The van der Waals surface area contributed by atoms with E-state index < -0.39 is 10.0 Å². The fourth-order valence-electron chi connectivity index (χ4n) is 2.70. The molecule has 1 aromatic heterocycles. The van der Waals surface area contributed by atoms with E-state index in [0.29, 0.717) is 29.4 Å². The van der Waals surface area contributed by atoms with Gasteiger partial charge in [0.2, 0.25) is 10.0 Å². The predicted molar refractivity (Wildman–Crippen MR) is 98.0 cm³/mol. The molecule has 1 aliphatic heterocycles. The summed E-state index contributed by atoms with van der Waals surface area (Å²) >= 11 is 0. The number of aromatic amines is 1. The minimum absolute atomic E-state index is 0.0487. The summed E-state index contributed by atoms with van der Waals surface area (Å²) in [5.41, 5.74) is 2.98. The number of H-pyrrole nitrogens is 1. The smallest absolute Gasteiger partial charge is 0.276 e. The Morgan fingerprint density at radius 3 is 2.92 bits per heavy atom. The van der Waals surface area contributed by atoms with Crippen LogP contribution in [0.4, 0.5) is 11.4 Å². The zero-order valence-electron chi connectivity index (χ0n) is 14.5. The number of fused-ring (bicyclic) bond motifs is 1. The van der Waals surface area contributed by atoms with Crippen molar-refractivity contribution in [2.75, 3.05) is 29.4 Å². The van der Waals surface area contributed by atoms with Crippen LogP contribution in [0.5, 0.6) is 5.75 Å². The molecule has 0 fully saturated rings. The van der Waals surface area contributed by atoms with Crippen molar-refractivity contribution in [3.05, 3.63) is 35.2 Å². The highest BCUT2D eigenvalue weighted by Gasteiger charge is 2.22. The molecule has 0 bridgehead atoms. The van der Waals surface area contributed by atoms with Crippen LogP contribution in [0.15, 0.2) is 18.2 Å². The van der Waals surface area contributed by atoms with Crippen LogP contribution in [0.3, 0.4) is 0 Å². The number of ether oxygens (including phenoxy) is 1. The first-order valence-electron chi connectivity index (χ1n) is 8.20. The van der Waals surface area contributed by atoms with Gasteiger partial charge in [-0.3, -0.25) is 14.6 Å². The van der Waals surface area contributed by atoms with Crippen LogP contribution in [-0.2, 0) is 23.0 Å². The van der Waals surface area contributed by atoms with Gasteiger partial charge in [-0.05, 0) is 19.1 Å². The van der Waals surface area contributed by atoms with Crippen molar-refractivity contribution >= 4 is 27.3 Å². The number of nitrogens with zero attached hydrogens (tertiary/aromatic N) is 1. The first-order chi connectivity index (χ1) is 12.4. The third-order valence-electron chi connectivity index (χ3n) is 4.13. The zero-order valence-corrected chi connectivity index (χ0v) is 15.4. The molecule has 4 N–H and O–H groups in total. The minimum atomic E-state index is -3.43. The number of nitrogens with one attached hydrogen (secondary N) is 4. The lowest BCUT2D eigenvalue weighted by Crippen LogP contribution is -2.25. The van der Waals surface area contributed by atoms with Crippen molar-refractivity contribution in [3.63, 3.8) is 0 Å². The van der Waals surface area contributed by atoms with E-state index in [4.69, 9.17) is 4.74 Å². The van der Waals surface area contributed by atoms with Crippen LogP contribution < -0.4 is 20.1 Å². The van der Waals surface area contributed by atoms with Crippen LogP contribution in [0, 0.1) is 0 Å². The second-order valence-corrected chi connectivity index (χ2v) is 7.84. The van der Waals surface area contributed by atoms with Gasteiger partial charge in [0.15, 0.2) is 5.69 Å². The molecule has 0 unspecified atom stereocenters. The van der Waals surface area contributed by atoms with Gasteiger partial charge in [0.1, 0.15) is 5.75 Å².